The van der Waals surface area contributed by atoms with E-state index in [2.05, 4.69) is 28.6 Å². The number of alkyl halides is 1. The third-order valence-electron chi connectivity index (χ3n) is 2.72. The lowest BCUT2D eigenvalue weighted by Gasteiger charge is -2.07. The van der Waals surface area contributed by atoms with Gasteiger partial charge in [0.1, 0.15) is 11.6 Å². The van der Waals surface area contributed by atoms with E-state index in [1.54, 1.807) is 0 Å². The second-order valence-corrected chi connectivity index (χ2v) is 4.40. The van der Waals surface area contributed by atoms with E-state index < -0.39 is 0 Å². The van der Waals surface area contributed by atoms with Crippen LogP contribution in [0.1, 0.15) is 57.6 Å². The van der Waals surface area contributed by atoms with Gasteiger partial charge in [-0.2, -0.15) is 0 Å². The van der Waals surface area contributed by atoms with Gasteiger partial charge in [-0.1, -0.05) is 33.1 Å². The van der Waals surface area contributed by atoms with Crippen LogP contribution in [0.4, 0.5) is 0 Å². The predicted octanol–water partition coefficient (Wildman–Crippen LogP) is 3.55. The van der Waals surface area contributed by atoms with Crippen molar-refractivity contribution in [2.45, 2.75) is 64.8 Å². The summed E-state index contributed by atoms with van der Waals surface area (Å²) in [5.74, 6) is 2.48. The first kappa shape index (κ1) is 13.5. The second kappa shape index (κ2) is 7.66. The fraction of sp³-hybridized carbons (Fsp3) is 0.833. The maximum atomic E-state index is 5.84. The number of halogens is 1. The summed E-state index contributed by atoms with van der Waals surface area (Å²) in [7, 11) is 0. The Bertz CT molecular complexity index is 296. The summed E-state index contributed by atoms with van der Waals surface area (Å²) < 4.78 is 2.18. The van der Waals surface area contributed by atoms with Crippen LogP contribution in [0.2, 0.25) is 0 Å². The number of nitrogens with zero attached hydrogens (tertiary/aromatic N) is 3. The Balaban J connectivity index is 2.53. The molecule has 0 spiro atoms. The van der Waals surface area contributed by atoms with Gasteiger partial charge in [-0.05, 0) is 12.8 Å². The highest BCUT2D eigenvalue weighted by atomic mass is 35.5. The number of hydrogen-bond donors (Lipinski definition) is 0. The van der Waals surface area contributed by atoms with Crippen LogP contribution in [0.15, 0.2) is 0 Å². The molecule has 0 saturated heterocycles. The molecule has 16 heavy (non-hydrogen) atoms. The van der Waals surface area contributed by atoms with Crippen molar-refractivity contribution in [2.75, 3.05) is 0 Å². The zero-order valence-corrected chi connectivity index (χ0v) is 11.1. The van der Waals surface area contributed by atoms with Gasteiger partial charge >= 0.3 is 0 Å². The molecule has 1 rings (SSSR count). The van der Waals surface area contributed by atoms with E-state index in [1.807, 2.05) is 0 Å². The molecule has 0 atom stereocenters. The largest absolute Gasteiger partial charge is 0.314 e. The molecule has 3 nitrogen and oxygen atoms in total. The van der Waals surface area contributed by atoms with E-state index in [4.69, 9.17) is 11.6 Å². The number of unbranched alkanes of at least 4 members (excludes halogenated alkanes) is 3. The molecule has 0 fully saturated rings. The van der Waals surface area contributed by atoms with Crippen molar-refractivity contribution >= 4 is 11.6 Å². The maximum Gasteiger partial charge on any atom is 0.147 e. The van der Waals surface area contributed by atoms with Gasteiger partial charge in [0.2, 0.25) is 0 Å². The molecule has 1 aromatic heterocycles. The Morgan fingerprint density at radius 2 is 1.75 bits per heavy atom. The first-order valence-corrected chi connectivity index (χ1v) is 6.83. The quantitative estimate of drug-likeness (QED) is 0.516. The summed E-state index contributed by atoms with van der Waals surface area (Å²) in [5, 5.41) is 8.36. The predicted molar refractivity (Wildman–Crippen MR) is 67.7 cm³/mol. The monoisotopic (exact) mass is 243 g/mol. The Hall–Kier alpha value is -0.570. The molecule has 1 aromatic rings. The summed E-state index contributed by atoms with van der Waals surface area (Å²) >= 11 is 5.84. The molecule has 0 N–H and O–H groups in total. The minimum Gasteiger partial charge on any atom is -0.314 e. The Kier molecular flexibility index (Phi) is 6.46. The zero-order chi connectivity index (χ0) is 11.8. The summed E-state index contributed by atoms with van der Waals surface area (Å²) in [6, 6.07) is 0. The topological polar surface area (TPSA) is 30.7 Å². The van der Waals surface area contributed by atoms with E-state index in [1.165, 1.54) is 25.7 Å². The van der Waals surface area contributed by atoms with Crippen LogP contribution in [0, 0.1) is 0 Å². The van der Waals surface area contributed by atoms with Crippen LogP contribution < -0.4 is 0 Å². The van der Waals surface area contributed by atoms with Gasteiger partial charge in [-0.3, -0.25) is 0 Å². The molecule has 0 bridgehead atoms. The van der Waals surface area contributed by atoms with Crippen LogP contribution in [0.25, 0.3) is 0 Å². The highest BCUT2D eigenvalue weighted by molar-refractivity contribution is 6.16. The summed E-state index contributed by atoms with van der Waals surface area (Å²) in [5.41, 5.74) is 0. The molecule has 92 valence electrons. The fourth-order valence-electron chi connectivity index (χ4n) is 1.85. The normalized spacial score (nSPS) is 10.9. The summed E-state index contributed by atoms with van der Waals surface area (Å²) in [4.78, 5) is 0. The van der Waals surface area contributed by atoms with Gasteiger partial charge in [0, 0.05) is 13.0 Å². The number of rotatable bonds is 8. The first-order chi connectivity index (χ1) is 7.83. The standard InChI is InChI=1S/C12H22ClN3/c1-3-5-6-7-8-11-14-15-12(10-13)16(11)9-4-2/h3-10H2,1-2H3. The van der Waals surface area contributed by atoms with Crippen LogP contribution in [0.5, 0.6) is 0 Å². The van der Waals surface area contributed by atoms with E-state index >= 15 is 0 Å². The smallest absolute Gasteiger partial charge is 0.147 e. The molecule has 0 unspecified atom stereocenters. The van der Waals surface area contributed by atoms with Crippen molar-refractivity contribution in [2.24, 2.45) is 0 Å². The van der Waals surface area contributed by atoms with E-state index in [0.717, 1.165) is 31.0 Å². The third-order valence-corrected chi connectivity index (χ3v) is 2.96. The maximum absolute atomic E-state index is 5.84. The van der Waals surface area contributed by atoms with Gasteiger partial charge in [-0.25, -0.2) is 0 Å². The molecular formula is C12H22ClN3. The molecular weight excluding hydrogens is 222 g/mol. The number of hydrogen-bond acceptors (Lipinski definition) is 2. The SMILES string of the molecule is CCCCCCc1nnc(CCl)n1CCC. The van der Waals surface area contributed by atoms with Gasteiger partial charge in [0.25, 0.3) is 0 Å². The lowest BCUT2D eigenvalue weighted by Crippen LogP contribution is -2.06. The van der Waals surface area contributed by atoms with Crippen molar-refractivity contribution in [1.82, 2.24) is 14.8 Å². The van der Waals surface area contributed by atoms with Crippen LogP contribution >= 0.6 is 11.6 Å². The number of aryl methyl sites for hydroxylation is 1. The molecule has 0 saturated carbocycles. The second-order valence-electron chi connectivity index (χ2n) is 4.13. The summed E-state index contributed by atoms with van der Waals surface area (Å²) in [6.07, 6.45) is 7.20. The molecule has 0 amide bonds. The van der Waals surface area contributed by atoms with E-state index in [9.17, 15) is 0 Å². The van der Waals surface area contributed by atoms with Crippen LogP contribution in [0.3, 0.4) is 0 Å². The van der Waals surface area contributed by atoms with Gasteiger partial charge in [-0.15, -0.1) is 21.8 Å². The Labute approximate surface area is 103 Å². The van der Waals surface area contributed by atoms with Crippen molar-refractivity contribution in [3.63, 3.8) is 0 Å². The van der Waals surface area contributed by atoms with Crippen LogP contribution in [-0.4, -0.2) is 14.8 Å². The Morgan fingerprint density at radius 1 is 1.00 bits per heavy atom. The lowest BCUT2D eigenvalue weighted by atomic mass is 10.1. The van der Waals surface area contributed by atoms with Crippen molar-refractivity contribution in [3.8, 4) is 0 Å². The molecule has 0 aliphatic heterocycles. The van der Waals surface area contributed by atoms with Gasteiger partial charge < -0.3 is 4.57 Å². The Morgan fingerprint density at radius 3 is 2.38 bits per heavy atom. The highest BCUT2D eigenvalue weighted by Crippen LogP contribution is 2.10. The molecule has 0 aromatic carbocycles. The van der Waals surface area contributed by atoms with Crippen LogP contribution in [-0.2, 0) is 18.8 Å². The van der Waals surface area contributed by atoms with E-state index in [-0.39, 0.29) is 0 Å². The fourth-order valence-corrected chi connectivity index (χ4v) is 2.05. The number of aromatic nitrogens is 3. The van der Waals surface area contributed by atoms with Crippen molar-refractivity contribution in [3.05, 3.63) is 11.6 Å². The zero-order valence-electron chi connectivity index (χ0n) is 10.4. The minimum absolute atomic E-state index is 0.460. The van der Waals surface area contributed by atoms with E-state index in [0.29, 0.717) is 5.88 Å². The first-order valence-electron chi connectivity index (χ1n) is 6.30. The third kappa shape index (κ3) is 3.78. The molecule has 0 radical (unpaired) electrons. The van der Waals surface area contributed by atoms with Crippen molar-refractivity contribution in [1.29, 1.82) is 0 Å². The molecule has 0 aliphatic carbocycles. The summed E-state index contributed by atoms with van der Waals surface area (Å²) in [6.45, 7) is 5.38. The molecule has 0 aliphatic rings. The highest BCUT2D eigenvalue weighted by Gasteiger charge is 2.09. The van der Waals surface area contributed by atoms with Gasteiger partial charge in [0.05, 0.1) is 5.88 Å². The molecule has 4 heteroatoms. The molecule has 1 heterocycles. The minimum atomic E-state index is 0.460. The lowest BCUT2D eigenvalue weighted by molar-refractivity contribution is 0.589. The average Bonchev–Trinajstić information content (AvgIpc) is 2.68. The van der Waals surface area contributed by atoms with Crippen molar-refractivity contribution < 1.29 is 0 Å². The van der Waals surface area contributed by atoms with Gasteiger partial charge in [0.15, 0.2) is 0 Å². The average molecular weight is 244 g/mol.